The number of carbonyl (C=O) groups excluding carboxylic acids is 2. The molecule has 2 unspecified atom stereocenters. The molecule has 6 atom stereocenters. The number of imidazole rings is 1. The Hall–Kier alpha value is -2.66. The smallest absolute Gasteiger partial charge is 0.405 e. The number of esters is 1. The number of aliphatic hydroxyl groups excluding tert-OH is 1. The van der Waals surface area contributed by atoms with Gasteiger partial charge in [-0.2, -0.15) is 0 Å². The summed E-state index contributed by atoms with van der Waals surface area (Å²) in [4.78, 5) is 36.2. The number of nitrogens with one attached hydrogen (secondary N) is 1. The number of hydrogen-bond acceptors (Lipinski definition) is 14. The van der Waals surface area contributed by atoms with Crippen LogP contribution in [0.15, 0.2) is 43.0 Å². The van der Waals surface area contributed by atoms with Crippen LogP contribution in [0.1, 0.15) is 46.4 Å². The highest BCUT2D eigenvalue weighted by Crippen LogP contribution is 2.48. The molecule has 0 saturated carbocycles. The van der Waals surface area contributed by atoms with Gasteiger partial charge in [0.25, 0.3) is 0 Å². The van der Waals surface area contributed by atoms with Gasteiger partial charge in [-0.25, -0.2) is 24.6 Å². The third-order valence-corrected chi connectivity index (χ3v) is 10.9. The van der Waals surface area contributed by atoms with Gasteiger partial charge in [0.1, 0.15) is 41.6 Å². The van der Waals surface area contributed by atoms with Crippen molar-refractivity contribution in [3.8, 4) is 0 Å². The first-order valence-corrected chi connectivity index (χ1v) is 18.2. The molecule has 1 aliphatic rings. The van der Waals surface area contributed by atoms with Crippen LogP contribution in [0.2, 0.25) is 0 Å². The van der Waals surface area contributed by atoms with E-state index in [1.807, 2.05) is 30.3 Å². The fourth-order valence-electron chi connectivity index (χ4n) is 4.64. The maximum atomic E-state index is 13.9. The third kappa shape index (κ3) is 9.11. The zero-order valence-corrected chi connectivity index (χ0v) is 29.9. The first-order valence-electron chi connectivity index (χ1n) is 15.3. The lowest BCUT2D eigenvalue weighted by atomic mass is 9.97. The second-order valence-electron chi connectivity index (χ2n) is 12.6. The van der Waals surface area contributed by atoms with Crippen molar-refractivity contribution < 1.29 is 37.8 Å². The van der Waals surface area contributed by atoms with Gasteiger partial charge in [0.15, 0.2) is 22.8 Å². The summed E-state index contributed by atoms with van der Waals surface area (Å²) < 4.78 is 38.4. The van der Waals surface area contributed by atoms with Crippen LogP contribution in [0.5, 0.6) is 0 Å². The van der Waals surface area contributed by atoms with Crippen LogP contribution < -0.4 is 16.6 Å². The second-order valence-corrected chi connectivity index (χ2v) is 16.3. The van der Waals surface area contributed by atoms with Gasteiger partial charge in [0.2, 0.25) is 0 Å². The molecule has 0 aliphatic carbocycles. The van der Waals surface area contributed by atoms with E-state index in [2.05, 4.69) is 20.0 Å². The Bertz CT molecular complexity index is 1610. The first-order chi connectivity index (χ1) is 22.6. The molecule has 1 fully saturated rings. The van der Waals surface area contributed by atoms with E-state index in [4.69, 9.17) is 41.6 Å². The van der Waals surface area contributed by atoms with Crippen molar-refractivity contribution in [3.63, 3.8) is 0 Å². The number of thioether (sulfide) groups is 1. The number of ether oxygens (including phenoxy) is 2. The Labute approximate surface area is 288 Å². The number of benzene rings is 1. The Kier molecular flexibility index (Phi) is 12.6. The minimum absolute atomic E-state index is 0.104. The molecular weight excluding hydrogens is 685 g/mol. The predicted octanol–water partition coefficient (Wildman–Crippen LogP) is 3.41. The zero-order chi connectivity index (χ0) is 35.3. The Morgan fingerprint density at radius 3 is 2.62 bits per heavy atom. The number of hydrogen-bond donors (Lipinski definition) is 4. The maximum Gasteiger partial charge on any atom is 0.405 e. The Morgan fingerprint density at radius 1 is 1.23 bits per heavy atom. The largest absolute Gasteiger partial charge is 0.463 e. The number of aromatic nitrogens is 4. The Morgan fingerprint density at radius 2 is 1.94 bits per heavy atom. The normalized spacial score (nSPS) is 23.3. The quantitative estimate of drug-likeness (QED) is 0.0720. The van der Waals surface area contributed by atoms with Crippen LogP contribution in [-0.2, 0) is 39.2 Å². The molecule has 1 saturated heterocycles. The minimum atomic E-state index is -4.03. The van der Waals surface area contributed by atoms with Gasteiger partial charge in [0.05, 0.1) is 25.0 Å². The van der Waals surface area contributed by atoms with E-state index in [1.54, 1.807) is 39.2 Å². The first kappa shape index (κ1) is 38.1. The Balaban J connectivity index is 1.38. The number of anilines is 1. The molecule has 0 radical (unpaired) electrons. The minimum Gasteiger partial charge on any atom is -0.463 e. The number of nitrogens with zero attached hydrogens (tertiary/aromatic N) is 4. The van der Waals surface area contributed by atoms with Crippen molar-refractivity contribution in [2.75, 3.05) is 31.3 Å². The molecule has 4 rings (SSSR count). The van der Waals surface area contributed by atoms with E-state index in [9.17, 15) is 19.3 Å². The molecule has 1 aromatic carbocycles. The number of carbonyl (C=O) groups is 2. The molecular formula is C30H43ClN7O8PS. The highest BCUT2D eigenvalue weighted by atomic mass is 35.5. The van der Waals surface area contributed by atoms with Gasteiger partial charge < -0.3 is 26.0 Å². The highest BCUT2D eigenvalue weighted by Gasteiger charge is 2.54. The van der Waals surface area contributed by atoms with Gasteiger partial charge >= 0.3 is 13.7 Å². The van der Waals surface area contributed by atoms with E-state index >= 15 is 0 Å². The third-order valence-electron chi connectivity index (χ3n) is 7.78. The molecule has 264 valence electrons. The molecule has 15 nitrogen and oxygen atoms in total. The number of nitrogen functional groups attached to an aromatic ring is 1. The molecule has 48 heavy (non-hydrogen) atoms. The second kappa shape index (κ2) is 15.9. The van der Waals surface area contributed by atoms with Gasteiger partial charge in [-0.15, -0.1) is 11.6 Å². The summed E-state index contributed by atoms with van der Waals surface area (Å²) in [6.07, 6.45) is -0.496. The average molecular weight is 728 g/mol. The SMILES string of the molecule is CC(C)[C@H](N)C(=O)OCC(C)(C)C(=O)SCCOP(=O)(NCc1ccccc1)OC[C@H]1O[C@@H](n2cnc3c(N)ncnc32)[C@](C)(Cl)C1O. The van der Waals surface area contributed by atoms with Crippen molar-refractivity contribution in [1.29, 1.82) is 0 Å². The topological polar surface area (TPSA) is 216 Å². The lowest BCUT2D eigenvalue weighted by molar-refractivity contribution is -0.150. The van der Waals surface area contributed by atoms with Crippen LogP contribution in [0, 0.1) is 11.3 Å². The number of halogens is 1. The highest BCUT2D eigenvalue weighted by molar-refractivity contribution is 8.13. The average Bonchev–Trinajstić information content (AvgIpc) is 3.58. The lowest BCUT2D eigenvalue weighted by Crippen LogP contribution is -2.40. The number of alkyl halides is 1. The number of fused-ring (bicyclic) bond motifs is 1. The van der Waals surface area contributed by atoms with Crippen LogP contribution in [0.4, 0.5) is 5.82 Å². The molecule has 0 bridgehead atoms. The van der Waals surface area contributed by atoms with Crippen molar-refractivity contribution in [1.82, 2.24) is 24.6 Å². The van der Waals surface area contributed by atoms with Gasteiger partial charge in [-0.05, 0) is 32.3 Å². The molecule has 3 aromatic rings. The molecule has 6 N–H and O–H groups in total. The van der Waals surface area contributed by atoms with E-state index in [0.717, 1.165) is 17.3 Å². The fourth-order valence-corrected chi connectivity index (χ4v) is 7.17. The van der Waals surface area contributed by atoms with Crippen molar-refractivity contribution in [2.45, 2.75) is 70.5 Å². The summed E-state index contributed by atoms with van der Waals surface area (Å²) in [5, 5.41) is 13.7. The number of rotatable bonds is 16. The molecule has 18 heteroatoms. The van der Waals surface area contributed by atoms with Crippen LogP contribution >= 0.6 is 31.1 Å². The monoisotopic (exact) mass is 727 g/mol. The summed E-state index contributed by atoms with van der Waals surface area (Å²) >= 11 is 7.75. The van der Waals surface area contributed by atoms with Crippen LogP contribution in [0.3, 0.4) is 0 Å². The summed E-state index contributed by atoms with van der Waals surface area (Å²) in [6, 6.07) is 8.43. The molecule has 1 aliphatic heterocycles. The summed E-state index contributed by atoms with van der Waals surface area (Å²) in [5.74, 6) is -0.372. The van der Waals surface area contributed by atoms with Crippen molar-refractivity contribution in [2.24, 2.45) is 17.1 Å². The maximum absolute atomic E-state index is 13.9. The molecule has 0 spiro atoms. The summed E-state index contributed by atoms with van der Waals surface area (Å²) in [6.45, 7) is 8.05. The molecule has 0 amide bonds. The van der Waals surface area contributed by atoms with Gasteiger partial charge in [0, 0.05) is 12.3 Å². The number of nitrogens with two attached hydrogens (primary N) is 2. The van der Waals surface area contributed by atoms with Gasteiger partial charge in [-0.1, -0.05) is 55.9 Å². The lowest BCUT2D eigenvalue weighted by Gasteiger charge is -2.26. The van der Waals surface area contributed by atoms with E-state index in [-0.39, 0.29) is 49.0 Å². The van der Waals surface area contributed by atoms with Crippen molar-refractivity contribution >= 4 is 59.2 Å². The van der Waals surface area contributed by atoms with Gasteiger partial charge in [-0.3, -0.25) is 23.2 Å². The number of aliphatic hydroxyl groups is 1. The van der Waals surface area contributed by atoms with E-state index in [1.165, 1.54) is 12.7 Å². The molecule has 2 aromatic heterocycles. The predicted molar refractivity (Wildman–Crippen MR) is 182 cm³/mol. The fraction of sp³-hybridized carbons (Fsp3) is 0.567. The molecule has 3 heterocycles. The van der Waals surface area contributed by atoms with Crippen LogP contribution in [-0.4, -0.2) is 84.4 Å². The zero-order valence-electron chi connectivity index (χ0n) is 27.4. The van der Waals surface area contributed by atoms with E-state index in [0.29, 0.717) is 11.2 Å². The standard InChI is InChI=1S/C30H43ClN7O8PS/c1-18(2)21(32)26(40)43-15-29(3,4)28(41)48-12-11-44-47(42,37-13-19-9-7-6-8-10-19)45-14-20-23(39)30(5,31)27(46-20)38-17-36-22-24(33)34-16-35-25(22)38/h6-10,16-18,20-21,23,27,39H,11-15,32H2,1-5H3,(H,37,42)(H2,33,34,35)/t20-,21+,23?,27-,30-,47?/m1/s1. The summed E-state index contributed by atoms with van der Waals surface area (Å²) in [5.41, 5.74) is 12.3. The summed E-state index contributed by atoms with van der Waals surface area (Å²) in [7, 11) is -4.03. The van der Waals surface area contributed by atoms with Crippen molar-refractivity contribution in [3.05, 3.63) is 48.5 Å². The van der Waals surface area contributed by atoms with E-state index < -0.39 is 48.5 Å². The van der Waals surface area contributed by atoms with Crippen LogP contribution in [0.25, 0.3) is 11.2 Å².